The Morgan fingerprint density at radius 3 is 2.50 bits per heavy atom. The fourth-order valence-corrected chi connectivity index (χ4v) is 5.95. The van der Waals surface area contributed by atoms with Crippen LogP contribution in [0.3, 0.4) is 0 Å². The molecule has 1 saturated carbocycles. The number of pyridine rings is 1. The molecule has 0 unspecified atom stereocenters. The maximum absolute atomic E-state index is 12.9. The number of carbonyl (C=O) groups excluding carboxylic acids is 1. The summed E-state index contributed by atoms with van der Waals surface area (Å²) in [4.78, 5) is 18.7. The van der Waals surface area contributed by atoms with Crippen molar-refractivity contribution in [3.63, 3.8) is 0 Å². The summed E-state index contributed by atoms with van der Waals surface area (Å²) in [7, 11) is -3.53. The van der Waals surface area contributed by atoms with Crippen LogP contribution in [0, 0.1) is 0 Å². The molecule has 1 saturated heterocycles. The van der Waals surface area contributed by atoms with Gasteiger partial charge in [0.05, 0.1) is 25.0 Å². The smallest absolute Gasteiger partial charge is 0.471 e. The van der Waals surface area contributed by atoms with E-state index in [9.17, 15) is 26.4 Å². The Morgan fingerprint density at radius 1 is 1.14 bits per heavy atom. The van der Waals surface area contributed by atoms with Crippen molar-refractivity contribution in [2.24, 2.45) is 0 Å². The lowest BCUT2D eigenvalue weighted by atomic mass is 9.85. The van der Waals surface area contributed by atoms with Gasteiger partial charge in [0.1, 0.15) is 13.2 Å². The Balaban J connectivity index is 1.57. The van der Waals surface area contributed by atoms with Gasteiger partial charge in [-0.05, 0) is 51.2 Å². The molecule has 1 N–H and O–H groups in total. The molecular formula is C22H30F3N3O7S. The van der Waals surface area contributed by atoms with Gasteiger partial charge in [-0.1, -0.05) is 0 Å². The molecule has 1 aromatic heterocycles. The van der Waals surface area contributed by atoms with E-state index in [0.717, 1.165) is 6.26 Å². The molecule has 3 aliphatic heterocycles. The second kappa shape index (κ2) is 10.6. The first-order valence-corrected chi connectivity index (χ1v) is 13.7. The number of fused-ring (bicyclic) bond motifs is 7. The second-order valence-electron chi connectivity index (χ2n) is 9.41. The number of ether oxygens (including phenoxy) is 4. The Hall–Kier alpha value is -2.32. The molecule has 4 bridgehead atoms. The fourth-order valence-electron chi connectivity index (χ4n) is 5.15. The molecule has 3 atom stereocenters. The van der Waals surface area contributed by atoms with Crippen LogP contribution in [-0.4, -0.2) is 81.1 Å². The third kappa shape index (κ3) is 6.71. The van der Waals surface area contributed by atoms with Crippen LogP contribution >= 0.6 is 0 Å². The average Bonchev–Trinajstić information content (AvgIpc) is 3.07. The molecule has 0 aromatic carbocycles. The molecule has 202 valence electrons. The molecule has 4 aliphatic rings. The van der Waals surface area contributed by atoms with Gasteiger partial charge in [-0.25, -0.2) is 22.9 Å². The molecule has 10 nitrogen and oxygen atoms in total. The van der Waals surface area contributed by atoms with E-state index in [1.54, 1.807) is 6.92 Å². The first kappa shape index (κ1) is 26.7. The molecule has 5 rings (SSSR count). The summed E-state index contributed by atoms with van der Waals surface area (Å²) in [6.45, 7) is 1.42. The van der Waals surface area contributed by atoms with E-state index in [2.05, 4.69) is 14.4 Å². The number of rotatable bonds is 3. The molecule has 1 amide bonds. The number of amides is 1. The summed E-state index contributed by atoms with van der Waals surface area (Å²) in [5.74, 6) is -0.879. The number of nitrogens with zero attached hydrogens (tertiary/aromatic N) is 2. The van der Waals surface area contributed by atoms with E-state index in [4.69, 9.17) is 14.2 Å². The average molecular weight is 538 g/mol. The molecule has 0 spiro atoms. The van der Waals surface area contributed by atoms with E-state index >= 15 is 0 Å². The molecule has 1 aliphatic carbocycles. The Labute approximate surface area is 207 Å². The van der Waals surface area contributed by atoms with Gasteiger partial charge >= 0.3 is 12.5 Å². The summed E-state index contributed by atoms with van der Waals surface area (Å²) < 4.78 is 86.0. The lowest BCUT2D eigenvalue weighted by molar-refractivity contribution is -0.275. The van der Waals surface area contributed by atoms with Gasteiger partial charge < -0.3 is 18.9 Å². The monoisotopic (exact) mass is 537 g/mol. The number of nitrogens with one attached hydrogen (secondary N) is 1. The van der Waals surface area contributed by atoms with Gasteiger partial charge in [-0.3, -0.25) is 4.90 Å². The molecule has 1 aromatic rings. The van der Waals surface area contributed by atoms with Crippen LogP contribution in [0.2, 0.25) is 0 Å². The highest BCUT2D eigenvalue weighted by Gasteiger charge is 2.44. The van der Waals surface area contributed by atoms with E-state index < -0.39 is 40.3 Å². The van der Waals surface area contributed by atoms with Gasteiger partial charge in [0.15, 0.2) is 5.75 Å². The van der Waals surface area contributed by atoms with E-state index in [1.807, 2.05) is 0 Å². The van der Waals surface area contributed by atoms with Crippen LogP contribution in [0.1, 0.15) is 50.6 Å². The maximum atomic E-state index is 12.9. The number of sulfonamides is 1. The first-order chi connectivity index (χ1) is 16.9. The van der Waals surface area contributed by atoms with Crippen LogP contribution in [0.15, 0.2) is 12.1 Å². The predicted octanol–water partition coefficient (Wildman–Crippen LogP) is 2.93. The third-order valence-electron chi connectivity index (χ3n) is 6.68. The highest BCUT2D eigenvalue weighted by molar-refractivity contribution is 7.88. The van der Waals surface area contributed by atoms with Crippen LogP contribution in [0.25, 0.3) is 0 Å². The van der Waals surface area contributed by atoms with E-state index in [1.165, 1.54) is 17.0 Å². The van der Waals surface area contributed by atoms with Crippen molar-refractivity contribution in [3.05, 3.63) is 17.8 Å². The standard InChI is InChI=1S/C22H30F3N3O7S/c1-13-11-17(27-36(2,30)31)18-12-34-15-5-3-14(4-6-15)16-7-8-19(35-22(23,24)25)20(26-16)32-9-10-33-21(29)28(13)18/h7-8,13-15,17-18,27H,3-6,9-12H2,1-2H3/t13-,14?,15?,17+,18+/m1/s1. The third-order valence-corrected chi connectivity index (χ3v) is 7.41. The largest absolute Gasteiger partial charge is 0.573 e. The molecule has 4 heterocycles. The minimum absolute atomic E-state index is 0.0144. The zero-order valence-corrected chi connectivity index (χ0v) is 20.8. The van der Waals surface area contributed by atoms with Crippen LogP contribution in [-0.2, 0) is 19.5 Å². The van der Waals surface area contributed by atoms with Gasteiger partial charge in [0, 0.05) is 23.7 Å². The lowest BCUT2D eigenvalue weighted by Crippen LogP contribution is -2.50. The van der Waals surface area contributed by atoms with Crippen molar-refractivity contribution in [1.29, 1.82) is 0 Å². The van der Waals surface area contributed by atoms with E-state index in [0.29, 0.717) is 37.8 Å². The number of alkyl halides is 3. The van der Waals surface area contributed by atoms with Crippen molar-refractivity contribution in [3.8, 4) is 11.6 Å². The first-order valence-electron chi connectivity index (χ1n) is 11.8. The summed E-state index contributed by atoms with van der Waals surface area (Å²) >= 11 is 0. The van der Waals surface area contributed by atoms with Crippen molar-refractivity contribution >= 4 is 16.1 Å². The highest BCUT2D eigenvalue weighted by atomic mass is 32.2. The molecular weight excluding hydrogens is 507 g/mol. The van der Waals surface area contributed by atoms with Crippen LogP contribution in [0.4, 0.5) is 18.0 Å². The van der Waals surface area contributed by atoms with Gasteiger partial charge in [-0.2, -0.15) is 0 Å². The Bertz CT molecular complexity index is 1050. The highest BCUT2D eigenvalue weighted by Crippen LogP contribution is 2.38. The fraction of sp³-hybridized carbons (Fsp3) is 0.727. The SMILES string of the molecule is C[C@@H]1C[C@H](NS(C)(=O)=O)[C@@H]2COC3CCC(CC3)c3ccc(OC(F)(F)F)c(n3)OCCOC(=O)N12. The quantitative estimate of drug-likeness (QED) is 0.626. The van der Waals surface area contributed by atoms with Crippen molar-refractivity contribution in [1.82, 2.24) is 14.6 Å². The number of halogens is 3. The summed E-state index contributed by atoms with van der Waals surface area (Å²) in [6.07, 6.45) is -1.51. The van der Waals surface area contributed by atoms with Gasteiger partial charge in [0.25, 0.3) is 5.88 Å². The number of carbonyl (C=O) groups is 1. The van der Waals surface area contributed by atoms with Gasteiger partial charge in [-0.15, -0.1) is 13.2 Å². The number of hydrogen-bond donors (Lipinski definition) is 1. The van der Waals surface area contributed by atoms with Crippen LogP contribution < -0.4 is 14.2 Å². The summed E-state index contributed by atoms with van der Waals surface area (Å²) in [5.41, 5.74) is 0.593. The molecule has 36 heavy (non-hydrogen) atoms. The topological polar surface area (TPSA) is 116 Å². The minimum Gasteiger partial charge on any atom is -0.471 e. The van der Waals surface area contributed by atoms with Gasteiger partial charge in [0.2, 0.25) is 10.0 Å². The summed E-state index contributed by atoms with van der Waals surface area (Å²) in [5, 5.41) is 0. The van der Waals surface area contributed by atoms with Crippen molar-refractivity contribution < 1.29 is 45.3 Å². The van der Waals surface area contributed by atoms with Crippen molar-refractivity contribution in [2.75, 3.05) is 26.1 Å². The number of hydrogen-bond acceptors (Lipinski definition) is 8. The van der Waals surface area contributed by atoms with Crippen LogP contribution in [0.5, 0.6) is 11.6 Å². The Morgan fingerprint density at radius 2 is 1.83 bits per heavy atom. The number of aromatic nitrogens is 1. The molecule has 14 heteroatoms. The second-order valence-corrected chi connectivity index (χ2v) is 11.2. The lowest BCUT2D eigenvalue weighted by Gasteiger charge is -2.33. The zero-order valence-electron chi connectivity index (χ0n) is 20.0. The normalized spacial score (nSPS) is 29.9. The zero-order chi connectivity index (χ0) is 26.1. The van der Waals surface area contributed by atoms with E-state index in [-0.39, 0.29) is 43.8 Å². The van der Waals surface area contributed by atoms with Crippen molar-refractivity contribution in [2.45, 2.75) is 75.5 Å². The Kier molecular flexibility index (Phi) is 7.86. The minimum atomic E-state index is -4.92. The maximum Gasteiger partial charge on any atom is 0.573 e. The molecule has 0 radical (unpaired) electrons. The predicted molar refractivity (Wildman–Crippen MR) is 120 cm³/mol. The molecule has 2 fully saturated rings. The summed E-state index contributed by atoms with van der Waals surface area (Å²) in [6, 6.07) is 1.25.